The minimum Gasteiger partial charge on any atom is -0.384 e. The van der Waals surface area contributed by atoms with Gasteiger partial charge in [0.05, 0.1) is 0 Å². The van der Waals surface area contributed by atoms with Crippen LogP contribution in [0.15, 0.2) is 24.3 Å². The lowest BCUT2D eigenvalue weighted by Crippen LogP contribution is -1.90. The molecule has 1 heteroatoms. The van der Waals surface area contributed by atoms with Crippen molar-refractivity contribution in [2.45, 2.75) is 6.37 Å². The van der Waals surface area contributed by atoms with E-state index in [0.717, 1.165) is 11.3 Å². The molecule has 0 saturated heterocycles. The molecule has 1 aliphatic heterocycles. The lowest BCUT2D eigenvalue weighted by molar-refractivity contribution is 1.11. The molecular formula is C8H9N. The topological polar surface area (TPSA) is 12.0 Å². The lowest BCUT2D eigenvalue weighted by atomic mass is 10.2. The van der Waals surface area contributed by atoms with Crippen molar-refractivity contribution in [2.75, 3.05) is 11.9 Å². The van der Waals surface area contributed by atoms with Gasteiger partial charge in [0.1, 0.15) is 0 Å². The zero-order valence-corrected chi connectivity index (χ0v) is 5.02. The van der Waals surface area contributed by atoms with Gasteiger partial charge in [0.25, 0.3) is 0 Å². The highest BCUT2D eigenvalue weighted by Gasteiger charge is 2.05. The van der Waals surface area contributed by atoms with Crippen LogP contribution in [0.1, 0.15) is 8.30 Å². The summed E-state index contributed by atoms with van der Waals surface area (Å²) >= 11 is 0. The molecule has 1 aliphatic rings. The number of fused-ring (bicyclic) bond motifs is 1. The van der Waals surface area contributed by atoms with Crippen molar-refractivity contribution in [1.29, 1.82) is 0 Å². The molecule has 0 atom stereocenters. The van der Waals surface area contributed by atoms with Crippen LogP contribution in [-0.4, -0.2) is 6.54 Å². The van der Waals surface area contributed by atoms with Gasteiger partial charge in [-0.1, -0.05) is 18.2 Å². The Morgan fingerprint density at radius 2 is 2.33 bits per heavy atom. The Kier molecular flexibility index (Phi) is 0.637. The van der Waals surface area contributed by atoms with E-state index < -0.39 is 6.37 Å². The van der Waals surface area contributed by atoms with E-state index in [-0.39, 0.29) is 0 Å². The maximum absolute atomic E-state index is 7.57. The highest BCUT2D eigenvalue weighted by atomic mass is 14.9. The van der Waals surface area contributed by atoms with Gasteiger partial charge in [0, 0.05) is 15.0 Å². The van der Waals surface area contributed by atoms with Gasteiger partial charge in [-0.05, 0) is 18.0 Å². The summed E-state index contributed by atoms with van der Waals surface area (Å²) in [5, 5.41) is 3.02. The van der Waals surface area contributed by atoms with Gasteiger partial charge in [-0.2, -0.15) is 0 Å². The molecule has 0 aromatic heterocycles. The highest BCUT2D eigenvalue weighted by Crippen LogP contribution is 2.19. The number of hydrogen-bond donors (Lipinski definition) is 1. The maximum Gasteiger partial charge on any atom is 0.0373 e. The Labute approximate surface area is 57.5 Å². The Hall–Kier alpha value is -0.980. The van der Waals surface area contributed by atoms with Crippen LogP contribution in [-0.2, 0) is 6.37 Å². The zero-order chi connectivity index (χ0) is 7.90. The number of para-hydroxylation sites is 1. The van der Waals surface area contributed by atoms with Crippen LogP contribution >= 0.6 is 0 Å². The summed E-state index contributed by atoms with van der Waals surface area (Å²) in [7, 11) is 0. The van der Waals surface area contributed by atoms with Crippen molar-refractivity contribution in [2.24, 2.45) is 0 Å². The molecule has 0 radical (unpaired) electrons. The van der Waals surface area contributed by atoms with Gasteiger partial charge in [0.2, 0.25) is 0 Å². The van der Waals surface area contributed by atoms with Crippen LogP contribution in [0, 0.1) is 0 Å². The standard InChI is InChI=1S/C8H9N/c1-2-4-8-7(3-1)5-6-9-8/h1-4,9H,5-6H2/i5D2. The summed E-state index contributed by atoms with van der Waals surface area (Å²) in [5.74, 6) is 0. The molecule has 0 spiro atoms. The van der Waals surface area contributed by atoms with E-state index in [1.165, 1.54) is 0 Å². The van der Waals surface area contributed by atoms with Crippen LogP contribution in [0.25, 0.3) is 0 Å². The molecule has 2 rings (SSSR count). The summed E-state index contributed by atoms with van der Waals surface area (Å²) < 4.78 is 15.1. The first-order chi connectivity index (χ1) is 5.20. The van der Waals surface area contributed by atoms with Crippen LogP contribution in [0.3, 0.4) is 0 Å². The quantitative estimate of drug-likeness (QED) is 0.550. The molecule has 1 aromatic carbocycles. The molecule has 0 unspecified atom stereocenters. The van der Waals surface area contributed by atoms with Crippen molar-refractivity contribution in [3.8, 4) is 0 Å². The Bertz CT molecular complexity index is 283. The van der Waals surface area contributed by atoms with Gasteiger partial charge < -0.3 is 5.32 Å². The summed E-state index contributed by atoms with van der Waals surface area (Å²) in [5.41, 5.74) is 1.71. The van der Waals surface area contributed by atoms with Crippen molar-refractivity contribution in [1.82, 2.24) is 0 Å². The molecule has 0 bridgehead atoms. The fourth-order valence-corrected chi connectivity index (χ4v) is 1.03. The van der Waals surface area contributed by atoms with Crippen molar-refractivity contribution < 1.29 is 2.74 Å². The average molecular weight is 121 g/mol. The molecule has 0 aliphatic carbocycles. The van der Waals surface area contributed by atoms with Crippen molar-refractivity contribution >= 4 is 5.69 Å². The number of hydrogen-bond acceptors (Lipinski definition) is 1. The largest absolute Gasteiger partial charge is 0.384 e. The fourth-order valence-electron chi connectivity index (χ4n) is 1.03. The van der Waals surface area contributed by atoms with Gasteiger partial charge in [-0.3, -0.25) is 0 Å². The Morgan fingerprint density at radius 1 is 1.44 bits per heavy atom. The molecule has 0 saturated carbocycles. The number of benzene rings is 1. The van der Waals surface area contributed by atoms with Gasteiger partial charge in [-0.25, -0.2) is 0 Å². The molecule has 9 heavy (non-hydrogen) atoms. The summed E-state index contributed by atoms with van der Waals surface area (Å²) in [6.45, 7) is 0.395. The maximum atomic E-state index is 7.57. The first kappa shape index (κ1) is 3.25. The minimum absolute atomic E-state index is 0.395. The molecule has 1 N–H and O–H groups in total. The van der Waals surface area contributed by atoms with E-state index in [1.807, 2.05) is 24.3 Å². The summed E-state index contributed by atoms with van der Waals surface area (Å²) in [4.78, 5) is 0. The summed E-state index contributed by atoms with van der Waals surface area (Å²) in [6.07, 6.45) is -1.18. The first-order valence-electron chi connectivity index (χ1n) is 4.03. The normalized spacial score (nSPS) is 23.6. The van der Waals surface area contributed by atoms with Crippen LogP contribution < -0.4 is 5.32 Å². The first-order valence-corrected chi connectivity index (χ1v) is 3.03. The Morgan fingerprint density at radius 3 is 3.22 bits per heavy atom. The van der Waals surface area contributed by atoms with Crippen molar-refractivity contribution in [3.63, 3.8) is 0 Å². The Balaban J connectivity index is 2.56. The second-order valence-electron chi connectivity index (χ2n) is 2.08. The van der Waals surface area contributed by atoms with E-state index in [0.29, 0.717) is 6.54 Å². The molecule has 0 fully saturated rings. The highest BCUT2D eigenvalue weighted by molar-refractivity contribution is 5.54. The smallest absolute Gasteiger partial charge is 0.0373 e. The van der Waals surface area contributed by atoms with E-state index in [9.17, 15) is 0 Å². The average Bonchev–Trinajstić information content (AvgIpc) is 2.29. The second kappa shape index (κ2) is 1.76. The third-order valence-corrected chi connectivity index (χ3v) is 1.48. The molecule has 1 aromatic rings. The van der Waals surface area contributed by atoms with E-state index >= 15 is 0 Å². The SMILES string of the molecule is [2H]C1([2H])CNc2ccccc21. The molecule has 0 amide bonds. The lowest BCUT2D eigenvalue weighted by Gasteiger charge is -1.94. The van der Waals surface area contributed by atoms with Crippen LogP contribution in [0.2, 0.25) is 0 Å². The predicted octanol–water partition coefficient (Wildman–Crippen LogP) is 1.65. The van der Waals surface area contributed by atoms with Gasteiger partial charge in [0.15, 0.2) is 0 Å². The third kappa shape index (κ3) is 0.689. The summed E-state index contributed by atoms with van der Waals surface area (Å²) in [6, 6.07) is 7.51. The van der Waals surface area contributed by atoms with Crippen LogP contribution in [0.4, 0.5) is 5.69 Å². The third-order valence-electron chi connectivity index (χ3n) is 1.48. The number of rotatable bonds is 0. The monoisotopic (exact) mass is 121 g/mol. The minimum atomic E-state index is -1.18. The molecular weight excluding hydrogens is 110 g/mol. The van der Waals surface area contributed by atoms with Crippen LogP contribution in [0.5, 0.6) is 0 Å². The molecule has 46 valence electrons. The van der Waals surface area contributed by atoms with Crippen molar-refractivity contribution in [3.05, 3.63) is 29.8 Å². The van der Waals surface area contributed by atoms with E-state index in [1.54, 1.807) is 0 Å². The number of anilines is 1. The van der Waals surface area contributed by atoms with E-state index in [2.05, 4.69) is 5.32 Å². The van der Waals surface area contributed by atoms with Gasteiger partial charge in [-0.15, -0.1) is 0 Å². The predicted molar refractivity (Wildman–Crippen MR) is 38.6 cm³/mol. The zero-order valence-electron chi connectivity index (χ0n) is 7.02. The molecule has 1 nitrogen and oxygen atoms in total. The fraction of sp³-hybridized carbons (Fsp3) is 0.250. The van der Waals surface area contributed by atoms with Gasteiger partial charge >= 0.3 is 0 Å². The molecule has 1 heterocycles. The number of nitrogens with one attached hydrogen (secondary N) is 1. The second-order valence-corrected chi connectivity index (χ2v) is 2.08. The van der Waals surface area contributed by atoms with E-state index in [4.69, 9.17) is 2.74 Å².